The summed E-state index contributed by atoms with van der Waals surface area (Å²) in [6.07, 6.45) is 5.25. The van der Waals surface area contributed by atoms with Crippen LogP contribution in [-0.2, 0) is 14.9 Å². The summed E-state index contributed by atoms with van der Waals surface area (Å²) in [5.41, 5.74) is 2.11. The Morgan fingerprint density at radius 1 is 1.32 bits per heavy atom. The molecule has 0 saturated carbocycles. The van der Waals surface area contributed by atoms with Gasteiger partial charge in [0, 0.05) is 55.3 Å². The molecular formula is C22H25FN2O2S. The molecule has 1 saturated heterocycles. The lowest BCUT2D eigenvalue weighted by atomic mass is 9.74. The molecule has 1 spiro atoms. The maximum atomic E-state index is 14.0. The number of carbonyl (C=O) groups is 1. The highest BCUT2D eigenvalue weighted by Gasteiger charge is 2.45. The molecule has 2 aromatic rings. The third kappa shape index (κ3) is 3.71. The molecule has 1 amide bonds. The maximum Gasteiger partial charge on any atom is 0.246 e. The number of anilines is 1. The predicted octanol–water partition coefficient (Wildman–Crippen LogP) is 3.93. The number of hydrogen-bond acceptors (Lipinski definition) is 4. The number of carbonyl (C=O) groups excluding carboxylic acids is 1. The van der Waals surface area contributed by atoms with Gasteiger partial charge >= 0.3 is 0 Å². The Morgan fingerprint density at radius 2 is 2.14 bits per heavy atom. The first-order valence-corrected chi connectivity index (χ1v) is 10.5. The van der Waals surface area contributed by atoms with Crippen LogP contribution in [0.25, 0.3) is 6.08 Å². The van der Waals surface area contributed by atoms with Gasteiger partial charge in [0.15, 0.2) is 0 Å². The number of piperidine rings is 1. The van der Waals surface area contributed by atoms with E-state index in [9.17, 15) is 9.18 Å². The molecule has 3 heterocycles. The minimum Gasteiger partial charge on any atom is -0.383 e. The number of likely N-dealkylation sites (tertiary alicyclic amines) is 1. The van der Waals surface area contributed by atoms with E-state index in [-0.39, 0.29) is 17.1 Å². The van der Waals surface area contributed by atoms with Crippen LogP contribution in [0.5, 0.6) is 0 Å². The Labute approximate surface area is 169 Å². The molecule has 148 valence electrons. The number of hydrogen-bond donors (Lipinski definition) is 0. The summed E-state index contributed by atoms with van der Waals surface area (Å²) >= 11 is 1.62. The van der Waals surface area contributed by atoms with Crippen molar-refractivity contribution in [2.24, 2.45) is 0 Å². The van der Waals surface area contributed by atoms with E-state index >= 15 is 0 Å². The lowest BCUT2D eigenvalue weighted by Gasteiger charge is -2.39. The van der Waals surface area contributed by atoms with Crippen molar-refractivity contribution in [3.63, 3.8) is 0 Å². The number of halogens is 1. The number of benzene rings is 1. The first-order chi connectivity index (χ1) is 13.6. The first kappa shape index (κ1) is 19.2. The van der Waals surface area contributed by atoms with Gasteiger partial charge in [-0.05, 0) is 54.1 Å². The zero-order chi connectivity index (χ0) is 19.6. The topological polar surface area (TPSA) is 32.8 Å². The van der Waals surface area contributed by atoms with Crippen molar-refractivity contribution < 1.29 is 13.9 Å². The van der Waals surface area contributed by atoms with Gasteiger partial charge in [-0.3, -0.25) is 4.79 Å². The van der Waals surface area contributed by atoms with E-state index in [0.29, 0.717) is 19.7 Å². The number of thiophene rings is 1. The van der Waals surface area contributed by atoms with Crippen molar-refractivity contribution in [3.8, 4) is 0 Å². The van der Waals surface area contributed by atoms with Crippen LogP contribution in [0, 0.1) is 5.82 Å². The van der Waals surface area contributed by atoms with Crippen molar-refractivity contribution in [2.75, 3.05) is 44.8 Å². The van der Waals surface area contributed by atoms with Crippen LogP contribution in [-0.4, -0.2) is 50.7 Å². The highest BCUT2D eigenvalue weighted by atomic mass is 32.1. The minimum atomic E-state index is -0.191. The highest BCUT2D eigenvalue weighted by Crippen LogP contribution is 2.47. The maximum absolute atomic E-state index is 14.0. The van der Waals surface area contributed by atoms with Crippen molar-refractivity contribution in [1.82, 2.24) is 4.90 Å². The lowest BCUT2D eigenvalue weighted by Crippen LogP contribution is -2.47. The van der Waals surface area contributed by atoms with Gasteiger partial charge in [-0.1, -0.05) is 6.07 Å². The Balaban J connectivity index is 1.47. The molecule has 1 fully saturated rings. The number of fused-ring (bicyclic) bond motifs is 2. The molecule has 0 unspecified atom stereocenters. The average Bonchev–Trinajstić information content (AvgIpc) is 3.32. The molecule has 1 aromatic carbocycles. The summed E-state index contributed by atoms with van der Waals surface area (Å²) in [5.74, 6) is -0.138. The Hall–Kier alpha value is -2.18. The molecule has 4 nitrogen and oxygen atoms in total. The number of rotatable bonds is 5. The quantitative estimate of drug-likeness (QED) is 0.713. The summed E-state index contributed by atoms with van der Waals surface area (Å²) in [6, 6.07) is 9.09. The number of amides is 1. The van der Waals surface area contributed by atoms with Gasteiger partial charge in [0.25, 0.3) is 0 Å². The molecule has 6 heteroatoms. The summed E-state index contributed by atoms with van der Waals surface area (Å²) in [4.78, 5) is 17.8. The van der Waals surface area contributed by atoms with E-state index in [0.717, 1.165) is 42.1 Å². The highest BCUT2D eigenvalue weighted by molar-refractivity contribution is 7.10. The van der Waals surface area contributed by atoms with Crippen LogP contribution in [0.2, 0.25) is 0 Å². The van der Waals surface area contributed by atoms with Crippen LogP contribution in [0.1, 0.15) is 23.3 Å². The normalized spacial score (nSPS) is 18.2. The third-order valence-corrected chi connectivity index (χ3v) is 6.73. The zero-order valence-electron chi connectivity index (χ0n) is 16.1. The van der Waals surface area contributed by atoms with Gasteiger partial charge in [0.2, 0.25) is 5.91 Å². The fourth-order valence-electron chi connectivity index (χ4n) is 4.37. The SMILES string of the molecule is COCCN1CC2(CCN(C(=O)/C=C/c3cccs3)CC2)c2cc(F)ccc21. The number of nitrogens with zero attached hydrogens (tertiary/aromatic N) is 2. The molecule has 2 aliphatic rings. The third-order valence-electron chi connectivity index (χ3n) is 5.90. The Kier molecular flexibility index (Phi) is 5.51. The van der Waals surface area contributed by atoms with Crippen molar-refractivity contribution in [3.05, 3.63) is 58.0 Å². The van der Waals surface area contributed by atoms with Crippen molar-refractivity contribution in [1.29, 1.82) is 0 Å². The molecule has 0 aliphatic carbocycles. The second-order valence-corrected chi connectivity index (χ2v) is 8.51. The Morgan fingerprint density at radius 3 is 2.86 bits per heavy atom. The minimum absolute atomic E-state index is 0.0527. The predicted molar refractivity (Wildman–Crippen MR) is 111 cm³/mol. The molecule has 0 N–H and O–H groups in total. The van der Waals surface area contributed by atoms with Gasteiger partial charge in [-0.2, -0.15) is 0 Å². The molecular weight excluding hydrogens is 375 g/mol. The van der Waals surface area contributed by atoms with E-state index in [4.69, 9.17) is 4.74 Å². The van der Waals surface area contributed by atoms with Crippen LogP contribution in [0.3, 0.4) is 0 Å². The monoisotopic (exact) mass is 400 g/mol. The van der Waals surface area contributed by atoms with E-state index < -0.39 is 0 Å². The summed E-state index contributed by atoms with van der Waals surface area (Å²) in [5, 5.41) is 2.00. The molecule has 0 radical (unpaired) electrons. The fraction of sp³-hybridized carbons (Fsp3) is 0.409. The first-order valence-electron chi connectivity index (χ1n) is 9.66. The average molecular weight is 401 g/mol. The molecule has 4 rings (SSSR count). The molecule has 0 atom stereocenters. The standard InChI is InChI=1S/C22H25FN2O2S/c1-27-13-12-25-16-22(19-15-17(23)4-6-20(19)25)8-10-24(11-9-22)21(26)7-5-18-3-2-14-28-18/h2-7,14-15H,8-13,16H2,1H3/b7-5+. The van der Waals surface area contributed by atoms with Crippen molar-refractivity contribution >= 4 is 29.0 Å². The fourth-order valence-corrected chi connectivity index (χ4v) is 4.99. The second kappa shape index (κ2) is 8.05. The van der Waals surface area contributed by atoms with Gasteiger partial charge in [0.1, 0.15) is 5.82 Å². The number of methoxy groups -OCH3 is 1. The molecule has 2 aliphatic heterocycles. The van der Waals surface area contributed by atoms with E-state index in [1.807, 2.05) is 34.6 Å². The van der Waals surface area contributed by atoms with Crippen LogP contribution in [0.15, 0.2) is 41.8 Å². The van der Waals surface area contributed by atoms with E-state index in [1.165, 1.54) is 6.07 Å². The second-order valence-electron chi connectivity index (χ2n) is 7.53. The lowest BCUT2D eigenvalue weighted by molar-refractivity contribution is -0.127. The smallest absolute Gasteiger partial charge is 0.246 e. The molecule has 1 aromatic heterocycles. The van der Waals surface area contributed by atoms with Crippen LogP contribution < -0.4 is 4.90 Å². The van der Waals surface area contributed by atoms with Gasteiger partial charge in [0.05, 0.1) is 6.61 Å². The zero-order valence-corrected chi connectivity index (χ0v) is 16.9. The summed E-state index contributed by atoms with van der Waals surface area (Å²) in [6.45, 7) is 3.69. The van der Waals surface area contributed by atoms with Crippen LogP contribution in [0.4, 0.5) is 10.1 Å². The largest absolute Gasteiger partial charge is 0.383 e. The van der Waals surface area contributed by atoms with E-state index in [2.05, 4.69) is 4.90 Å². The van der Waals surface area contributed by atoms with Crippen molar-refractivity contribution in [2.45, 2.75) is 18.3 Å². The van der Waals surface area contributed by atoms with Crippen LogP contribution >= 0.6 is 11.3 Å². The van der Waals surface area contributed by atoms with Gasteiger partial charge < -0.3 is 14.5 Å². The summed E-state index contributed by atoms with van der Waals surface area (Å²) in [7, 11) is 1.70. The number of ether oxygens (including phenoxy) is 1. The Bertz CT molecular complexity index is 857. The molecule has 28 heavy (non-hydrogen) atoms. The van der Waals surface area contributed by atoms with E-state index in [1.54, 1.807) is 30.6 Å². The van der Waals surface area contributed by atoms with Gasteiger partial charge in [-0.15, -0.1) is 11.3 Å². The van der Waals surface area contributed by atoms with Gasteiger partial charge in [-0.25, -0.2) is 4.39 Å². The molecule has 0 bridgehead atoms. The summed E-state index contributed by atoms with van der Waals surface area (Å²) < 4.78 is 19.3.